The van der Waals surface area contributed by atoms with Gasteiger partial charge in [0.15, 0.2) is 0 Å². The highest BCUT2D eigenvalue weighted by Crippen LogP contribution is 2.40. The van der Waals surface area contributed by atoms with Gasteiger partial charge in [0, 0.05) is 19.5 Å². The van der Waals surface area contributed by atoms with Crippen molar-refractivity contribution in [2.75, 3.05) is 19.7 Å². The van der Waals surface area contributed by atoms with E-state index in [-0.39, 0.29) is 30.8 Å². The Morgan fingerprint density at radius 3 is 2.52 bits per heavy atom. The molecular formula is C17H24FNO5S. The molecule has 2 saturated heterocycles. The fraction of sp³-hybridized carbons (Fsp3) is 0.647. The van der Waals surface area contributed by atoms with Crippen LogP contribution in [0.25, 0.3) is 0 Å². The fourth-order valence-corrected chi connectivity index (χ4v) is 5.21. The highest BCUT2D eigenvalue weighted by atomic mass is 32.2. The number of ether oxygens (including phenoxy) is 1. The number of halogens is 1. The summed E-state index contributed by atoms with van der Waals surface area (Å²) in [7, 11) is -3.95. The van der Waals surface area contributed by atoms with E-state index >= 15 is 0 Å². The van der Waals surface area contributed by atoms with Crippen molar-refractivity contribution in [3.05, 3.63) is 29.6 Å². The highest BCUT2D eigenvalue weighted by molar-refractivity contribution is 7.89. The van der Waals surface area contributed by atoms with Crippen LogP contribution in [0, 0.1) is 12.7 Å². The number of aliphatic hydroxyl groups is 2. The van der Waals surface area contributed by atoms with E-state index in [1.807, 2.05) is 0 Å². The van der Waals surface area contributed by atoms with E-state index in [0.717, 1.165) is 0 Å². The van der Waals surface area contributed by atoms with Crippen LogP contribution in [0.3, 0.4) is 0 Å². The summed E-state index contributed by atoms with van der Waals surface area (Å²) < 4.78 is 46.5. The minimum Gasteiger partial charge on any atom is -0.387 e. The Balaban J connectivity index is 1.80. The Morgan fingerprint density at radius 2 is 1.92 bits per heavy atom. The predicted octanol–water partition coefficient (Wildman–Crippen LogP) is 1.19. The maximum atomic E-state index is 14.1. The number of aliphatic hydroxyl groups excluding tert-OH is 1. The van der Waals surface area contributed by atoms with Crippen molar-refractivity contribution < 1.29 is 27.8 Å². The first-order valence-corrected chi connectivity index (χ1v) is 9.83. The third-order valence-corrected chi connectivity index (χ3v) is 7.29. The number of aryl methyl sites for hydroxylation is 1. The summed E-state index contributed by atoms with van der Waals surface area (Å²) in [4.78, 5) is -0.342. The smallest absolute Gasteiger partial charge is 0.245 e. The van der Waals surface area contributed by atoms with Crippen molar-refractivity contribution in [2.24, 2.45) is 0 Å². The number of hydrogen-bond donors (Lipinski definition) is 2. The summed E-state index contributed by atoms with van der Waals surface area (Å²) in [5.74, 6) is -0.767. The second-order valence-electron chi connectivity index (χ2n) is 7.26. The molecule has 0 aromatic heterocycles. The van der Waals surface area contributed by atoms with Crippen molar-refractivity contribution in [3.63, 3.8) is 0 Å². The van der Waals surface area contributed by atoms with Gasteiger partial charge in [-0.15, -0.1) is 0 Å². The van der Waals surface area contributed by atoms with Crippen molar-refractivity contribution in [2.45, 2.75) is 55.3 Å². The second-order valence-corrected chi connectivity index (χ2v) is 9.17. The molecule has 2 heterocycles. The number of benzene rings is 1. The summed E-state index contributed by atoms with van der Waals surface area (Å²) in [6.07, 6.45) is -0.268. The molecule has 2 aliphatic rings. The van der Waals surface area contributed by atoms with Crippen LogP contribution < -0.4 is 0 Å². The average molecular weight is 373 g/mol. The van der Waals surface area contributed by atoms with E-state index in [9.17, 15) is 23.0 Å². The van der Waals surface area contributed by atoms with Crippen LogP contribution in [0.15, 0.2) is 23.1 Å². The Hall–Kier alpha value is -1.06. The van der Waals surface area contributed by atoms with E-state index in [0.29, 0.717) is 18.6 Å². The number of sulfonamides is 1. The van der Waals surface area contributed by atoms with Gasteiger partial charge in [0.05, 0.1) is 17.8 Å². The Labute approximate surface area is 147 Å². The molecule has 0 amide bonds. The molecule has 6 nitrogen and oxygen atoms in total. The van der Waals surface area contributed by atoms with Crippen molar-refractivity contribution in [1.82, 2.24) is 4.31 Å². The number of hydrogen-bond acceptors (Lipinski definition) is 5. The lowest BCUT2D eigenvalue weighted by Crippen LogP contribution is -2.64. The maximum absolute atomic E-state index is 14.1. The maximum Gasteiger partial charge on any atom is 0.245 e. The van der Waals surface area contributed by atoms with Gasteiger partial charge in [-0.25, -0.2) is 12.8 Å². The van der Waals surface area contributed by atoms with Crippen LogP contribution in [-0.2, 0) is 14.8 Å². The molecular weight excluding hydrogens is 349 g/mol. The van der Waals surface area contributed by atoms with E-state index in [2.05, 4.69) is 0 Å². The quantitative estimate of drug-likeness (QED) is 0.813. The summed E-state index contributed by atoms with van der Waals surface area (Å²) in [6, 6.07) is 4.04. The summed E-state index contributed by atoms with van der Waals surface area (Å²) in [5.41, 5.74) is -1.57. The van der Waals surface area contributed by atoms with E-state index in [1.165, 1.54) is 16.4 Å². The van der Waals surface area contributed by atoms with Crippen LogP contribution in [-0.4, -0.2) is 59.9 Å². The third kappa shape index (κ3) is 3.21. The van der Waals surface area contributed by atoms with E-state index in [1.54, 1.807) is 19.9 Å². The van der Waals surface area contributed by atoms with Gasteiger partial charge >= 0.3 is 0 Å². The normalized spacial score (nSPS) is 30.5. The van der Waals surface area contributed by atoms with Crippen LogP contribution >= 0.6 is 0 Å². The molecule has 2 fully saturated rings. The summed E-state index contributed by atoms with van der Waals surface area (Å²) in [6.45, 7) is 3.76. The fourth-order valence-electron chi connectivity index (χ4n) is 3.72. The monoisotopic (exact) mass is 373 g/mol. The molecule has 2 atom stereocenters. The average Bonchev–Trinajstić information content (AvgIpc) is 2.53. The molecule has 2 aliphatic heterocycles. The zero-order valence-corrected chi connectivity index (χ0v) is 15.2. The molecule has 1 aromatic rings. The van der Waals surface area contributed by atoms with Crippen molar-refractivity contribution >= 4 is 10.0 Å². The molecule has 0 radical (unpaired) electrons. The van der Waals surface area contributed by atoms with Gasteiger partial charge in [-0.1, -0.05) is 6.07 Å². The molecule has 1 spiro atoms. The summed E-state index contributed by atoms with van der Waals surface area (Å²) in [5, 5.41) is 20.8. The molecule has 0 aliphatic carbocycles. The topological polar surface area (TPSA) is 87.1 Å². The van der Waals surface area contributed by atoms with Crippen LogP contribution in [0.2, 0.25) is 0 Å². The lowest BCUT2D eigenvalue weighted by Gasteiger charge is -2.51. The van der Waals surface area contributed by atoms with E-state index < -0.39 is 33.1 Å². The van der Waals surface area contributed by atoms with Gasteiger partial charge < -0.3 is 14.9 Å². The predicted molar refractivity (Wildman–Crippen MR) is 89.1 cm³/mol. The van der Waals surface area contributed by atoms with Crippen molar-refractivity contribution in [1.29, 1.82) is 0 Å². The standard InChI is InChI=1S/C17H24FNO5S/c1-12-3-4-14(13(18)11-12)25(22,23)19-8-5-17(6-9-19)15(20)16(2,21)7-10-24-17/h3-4,11,15,20-21H,5-10H2,1-2H3/t15-,16+/m0/s1. The van der Waals surface area contributed by atoms with Crippen LogP contribution in [0.4, 0.5) is 4.39 Å². The molecule has 0 bridgehead atoms. The highest BCUT2D eigenvalue weighted by Gasteiger charge is 2.53. The van der Waals surface area contributed by atoms with Gasteiger partial charge in [0.1, 0.15) is 16.8 Å². The van der Waals surface area contributed by atoms with Crippen molar-refractivity contribution in [3.8, 4) is 0 Å². The number of rotatable bonds is 2. The third-order valence-electron chi connectivity index (χ3n) is 5.36. The lowest BCUT2D eigenvalue weighted by molar-refractivity contribution is -0.243. The SMILES string of the molecule is Cc1ccc(S(=O)(=O)N2CCC3(CC2)OCC[C@@](C)(O)[C@@H]3O)c(F)c1. The number of nitrogens with zero attached hydrogens (tertiary/aromatic N) is 1. The Kier molecular flexibility index (Phi) is 4.70. The molecule has 0 unspecified atom stereocenters. The molecule has 1 aromatic carbocycles. The van der Waals surface area contributed by atoms with Crippen LogP contribution in [0.5, 0.6) is 0 Å². The minimum atomic E-state index is -3.95. The second kappa shape index (κ2) is 6.28. The Morgan fingerprint density at radius 1 is 1.28 bits per heavy atom. The molecule has 25 heavy (non-hydrogen) atoms. The van der Waals surface area contributed by atoms with Crippen LogP contribution in [0.1, 0.15) is 31.7 Å². The van der Waals surface area contributed by atoms with Gasteiger partial charge in [-0.2, -0.15) is 4.31 Å². The van der Waals surface area contributed by atoms with Gasteiger partial charge in [-0.05, 0) is 44.4 Å². The van der Waals surface area contributed by atoms with Gasteiger partial charge in [0.2, 0.25) is 10.0 Å². The first-order valence-electron chi connectivity index (χ1n) is 8.39. The molecule has 3 rings (SSSR count). The zero-order valence-electron chi connectivity index (χ0n) is 14.4. The van der Waals surface area contributed by atoms with Gasteiger partial charge in [0.25, 0.3) is 0 Å². The number of piperidine rings is 1. The zero-order chi connectivity index (χ0) is 18.5. The summed E-state index contributed by atoms with van der Waals surface area (Å²) >= 11 is 0. The van der Waals surface area contributed by atoms with Gasteiger partial charge in [-0.3, -0.25) is 0 Å². The lowest BCUT2D eigenvalue weighted by atomic mass is 9.75. The first kappa shape index (κ1) is 18.7. The largest absolute Gasteiger partial charge is 0.387 e. The Bertz CT molecular complexity index is 756. The first-order chi connectivity index (χ1) is 11.6. The molecule has 0 saturated carbocycles. The molecule has 8 heteroatoms. The molecule has 2 N–H and O–H groups in total. The van der Waals surface area contributed by atoms with E-state index in [4.69, 9.17) is 4.74 Å². The minimum absolute atomic E-state index is 0.1000. The molecule has 140 valence electrons.